The molecular formula is C11H10BrN3O2. The zero-order chi connectivity index (χ0) is 12.3. The molecule has 2 aromatic heterocycles. The molecule has 0 saturated carbocycles. The Kier molecular flexibility index (Phi) is 3.65. The number of pyridine rings is 1. The number of aromatic nitrogens is 3. The number of nitrogens with zero attached hydrogens (tertiary/aromatic N) is 3. The van der Waals surface area contributed by atoms with Gasteiger partial charge in [0, 0.05) is 23.1 Å². The molecule has 0 aromatic carbocycles. The van der Waals surface area contributed by atoms with Gasteiger partial charge in [0.2, 0.25) is 5.88 Å². The molecule has 0 fully saturated rings. The van der Waals surface area contributed by atoms with Crippen LogP contribution in [0, 0.1) is 0 Å². The van der Waals surface area contributed by atoms with Crippen LogP contribution in [0.15, 0.2) is 35.2 Å². The van der Waals surface area contributed by atoms with Crippen molar-refractivity contribution in [3.63, 3.8) is 0 Å². The van der Waals surface area contributed by atoms with Crippen LogP contribution in [0.3, 0.4) is 0 Å². The van der Waals surface area contributed by atoms with Crippen molar-refractivity contribution in [1.29, 1.82) is 0 Å². The number of aliphatic hydroxyl groups excluding tert-OH is 1. The van der Waals surface area contributed by atoms with Crippen molar-refractivity contribution in [3.05, 3.63) is 46.6 Å². The lowest BCUT2D eigenvalue weighted by atomic mass is 10.1. The fourth-order valence-electron chi connectivity index (χ4n) is 1.37. The summed E-state index contributed by atoms with van der Waals surface area (Å²) in [4.78, 5) is 12.1. The van der Waals surface area contributed by atoms with Gasteiger partial charge in [0.05, 0.1) is 12.8 Å². The lowest BCUT2D eigenvalue weighted by Crippen LogP contribution is -2.07. The number of ether oxygens (including phenoxy) is 1. The SMILES string of the molecule is COc1nccnc1C(O)c1ccc(Br)cn1. The third-order valence-electron chi connectivity index (χ3n) is 2.17. The number of methoxy groups -OCH3 is 1. The van der Waals surface area contributed by atoms with E-state index in [1.165, 1.54) is 19.5 Å². The second-order valence-electron chi connectivity index (χ2n) is 3.25. The van der Waals surface area contributed by atoms with Gasteiger partial charge in [0.15, 0.2) is 0 Å². The summed E-state index contributed by atoms with van der Waals surface area (Å²) < 4.78 is 5.89. The molecule has 0 bridgehead atoms. The van der Waals surface area contributed by atoms with E-state index in [2.05, 4.69) is 30.9 Å². The van der Waals surface area contributed by atoms with Crippen LogP contribution in [0.4, 0.5) is 0 Å². The minimum absolute atomic E-state index is 0.296. The van der Waals surface area contributed by atoms with Gasteiger partial charge in [-0.1, -0.05) is 0 Å². The first-order chi connectivity index (χ1) is 8.22. The van der Waals surface area contributed by atoms with Gasteiger partial charge in [-0.15, -0.1) is 0 Å². The van der Waals surface area contributed by atoms with Crippen LogP contribution in [-0.2, 0) is 0 Å². The first kappa shape index (κ1) is 11.9. The predicted octanol–water partition coefficient (Wildman–Crippen LogP) is 1.72. The first-order valence-electron chi connectivity index (χ1n) is 4.87. The Bertz CT molecular complexity index is 504. The number of hydrogen-bond donors (Lipinski definition) is 1. The molecule has 0 amide bonds. The minimum atomic E-state index is -0.952. The maximum Gasteiger partial charge on any atom is 0.238 e. The second-order valence-corrected chi connectivity index (χ2v) is 4.17. The van der Waals surface area contributed by atoms with Crippen molar-refractivity contribution in [2.75, 3.05) is 7.11 Å². The van der Waals surface area contributed by atoms with E-state index < -0.39 is 6.10 Å². The van der Waals surface area contributed by atoms with Gasteiger partial charge in [-0.3, -0.25) is 9.97 Å². The maximum atomic E-state index is 10.1. The van der Waals surface area contributed by atoms with Crippen LogP contribution in [0.5, 0.6) is 5.88 Å². The lowest BCUT2D eigenvalue weighted by Gasteiger charge is -2.11. The van der Waals surface area contributed by atoms with Crippen molar-refractivity contribution < 1.29 is 9.84 Å². The van der Waals surface area contributed by atoms with E-state index in [9.17, 15) is 5.11 Å². The molecule has 1 N–H and O–H groups in total. The van der Waals surface area contributed by atoms with Crippen LogP contribution in [-0.4, -0.2) is 27.2 Å². The number of hydrogen-bond acceptors (Lipinski definition) is 5. The van der Waals surface area contributed by atoms with Crippen molar-refractivity contribution in [2.45, 2.75) is 6.10 Å². The highest BCUT2D eigenvalue weighted by Crippen LogP contribution is 2.25. The standard InChI is InChI=1S/C11H10BrN3O2/c1-17-11-9(13-4-5-14-11)10(16)8-3-2-7(12)6-15-8/h2-6,10,16H,1H3. The highest BCUT2D eigenvalue weighted by atomic mass is 79.9. The summed E-state index contributed by atoms with van der Waals surface area (Å²) >= 11 is 3.28. The Labute approximate surface area is 107 Å². The summed E-state index contributed by atoms with van der Waals surface area (Å²) in [6, 6.07) is 3.51. The second kappa shape index (κ2) is 5.20. The van der Waals surface area contributed by atoms with Gasteiger partial charge < -0.3 is 9.84 Å². The molecule has 0 aliphatic heterocycles. The number of halogens is 1. The van der Waals surface area contributed by atoms with Gasteiger partial charge in [0.25, 0.3) is 0 Å². The summed E-state index contributed by atoms with van der Waals surface area (Å²) in [6.45, 7) is 0. The largest absolute Gasteiger partial charge is 0.480 e. The average Bonchev–Trinajstić information content (AvgIpc) is 2.39. The smallest absolute Gasteiger partial charge is 0.238 e. The average molecular weight is 296 g/mol. The lowest BCUT2D eigenvalue weighted by molar-refractivity contribution is 0.203. The van der Waals surface area contributed by atoms with Gasteiger partial charge in [-0.05, 0) is 28.1 Å². The van der Waals surface area contributed by atoms with Crippen LogP contribution in [0.25, 0.3) is 0 Å². The zero-order valence-electron chi connectivity index (χ0n) is 9.04. The molecule has 0 aliphatic rings. The third kappa shape index (κ3) is 2.59. The summed E-state index contributed by atoms with van der Waals surface area (Å²) in [6.07, 6.45) is 3.66. The monoisotopic (exact) mass is 295 g/mol. The Hall–Kier alpha value is -1.53. The molecule has 5 nitrogen and oxygen atoms in total. The molecule has 6 heteroatoms. The van der Waals surface area contributed by atoms with Crippen LogP contribution >= 0.6 is 15.9 Å². The van der Waals surface area contributed by atoms with Gasteiger partial charge in [-0.25, -0.2) is 4.98 Å². The van der Waals surface area contributed by atoms with Crippen molar-refractivity contribution in [3.8, 4) is 5.88 Å². The minimum Gasteiger partial charge on any atom is -0.480 e. The third-order valence-corrected chi connectivity index (χ3v) is 2.64. The summed E-state index contributed by atoms with van der Waals surface area (Å²) in [5.74, 6) is 0.296. The molecule has 0 saturated heterocycles. The van der Waals surface area contributed by atoms with Gasteiger partial charge in [-0.2, -0.15) is 0 Å². The van der Waals surface area contributed by atoms with Crippen molar-refractivity contribution in [2.24, 2.45) is 0 Å². The molecule has 1 atom stereocenters. The molecule has 2 aromatic rings. The molecule has 1 unspecified atom stereocenters. The van der Waals surface area contributed by atoms with E-state index in [4.69, 9.17) is 4.74 Å². The topological polar surface area (TPSA) is 68.1 Å². The maximum absolute atomic E-state index is 10.1. The van der Waals surface area contributed by atoms with Crippen LogP contribution < -0.4 is 4.74 Å². The van der Waals surface area contributed by atoms with Gasteiger partial charge >= 0.3 is 0 Å². The van der Waals surface area contributed by atoms with E-state index >= 15 is 0 Å². The zero-order valence-corrected chi connectivity index (χ0v) is 10.6. The molecule has 17 heavy (non-hydrogen) atoms. The molecule has 2 heterocycles. The summed E-state index contributed by atoms with van der Waals surface area (Å²) in [5.41, 5.74) is 0.844. The number of rotatable bonds is 3. The fourth-order valence-corrected chi connectivity index (χ4v) is 1.60. The normalized spacial score (nSPS) is 12.2. The van der Waals surface area contributed by atoms with Crippen molar-refractivity contribution >= 4 is 15.9 Å². The Morgan fingerprint density at radius 1 is 1.24 bits per heavy atom. The van der Waals surface area contributed by atoms with Gasteiger partial charge in [0.1, 0.15) is 11.8 Å². The highest BCUT2D eigenvalue weighted by Gasteiger charge is 2.18. The van der Waals surface area contributed by atoms with E-state index in [-0.39, 0.29) is 0 Å². The van der Waals surface area contributed by atoms with E-state index in [0.29, 0.717) is 17.3 Å². The predicted molar refractivity (Wildman–Crippen MR) is 64.6 cm³/mol. The Morgan fingerprint density at radius 2 is 2.00 bits per heavy atom. The van der Waals surface area contributed by atoms with E-state index in [1.807, 2.05) is 0 Å². The van der Waals surface area contributed by atoms with E-state index in [1.54, 1.807) is 18.3 Å². The molecule has 0 radical (unpaired) electrons. The quantitative estimate of drug-likeness (QED) is 0.934. The van der Waals surface area contributed by atoms with Crippen LogP contribution in [0.1, 0.15) is 17.5 Å². The first-order valence-corrected chi connectivity index (χ1v) is 5.66. The molecule has 2 rings (SSSR count). The molecule has 0 spiro atoms. The summed E-state index contributed by atoms with van der Waals surface area (Å²) in [7, 11) is 1.48. The molecular weight excluding hydrogens is 286 g/mol. The molecule has 88 valence electrons. The summed E-state index contributed by atoms with van der Waals surface area (Å²) in [5, 5.41) is 10.1. The van der Waals surface area contributed by atoms with Crippen LogP contribution in [0.2, 0.25) is 0 Å². The fraction of sp³-hybridized carbons (Fsp3) is 0.182. The van der Waals surface area contributed by atoms with E-state index in [0.717, 1.165) is 4.47 Å². The molecule has 0 aliphatic carbocycles. The highest BCUT2D eigenvalue weighted by molar-refractivity contribution is 9.10. The Morgan fingerprint density at radius 3 is 2.65 bits per heavy atom. The number of aliphatic hydroxyl groups is 1. The van der Waals surface area contributed by atoms with Crippen molar-refractivity contribution in [1.82, 2.24) is 15.0 Å². The Balaban J connectivity index is 2.36.